The van der Waals surface area contributed by atoms with Crippen LogP contribution in [0.3, 0.4) is 0 Å². The van der Waals surface area contributed by atoms with Gasteiger partial charge in [-0.2, -0.15) is 13.2 Å². The summed E-state index contributed by atoms with van der Waals surface area (Å²) in [7, 11) is 0. The van der Waals surface area contributed by atoms with Gasteiger partial charge in [0.25, 0.3) is 0 Å². The summed E-state index contributed by atoms with van der Waals surface area (Å²) >= 11 is 12.1. The number of anilines is 1. The lowest BCUT2D eigenvalue weighted by Crippen LogP contribution is -2.40. The number of imidazole rings is 1. The van der Waals surface area contributed by atoms with Gasteiger partial charge in [0, 0.05) is 23.0 Å². The molecule has 0 bridgehead atoms. The number of Topliss-reactive ketones (excluding diaryl/α,β-unsaturated/α-hetero) is 2. The molecule has 52 heavy (non-hydrogen) atoms. The molecule has 0 aliphatic heterocycles. The number of amides is 1. The Morgan fingerprint density at radius 1 is 0.962 bits per heavy atom. The highest BCUT2D eigenvalue weighted by molar-refractivity contribution is 7.16. The Bertz CT molecular complexity index is 2570. The number of rotatable bonds is 4. The van der Waals surface area contributed by atoms with Crippen molar-refractivity contribution in [2.45, 2.75) is 32.5 Å². The molecule has 0 saturated carbocycles. The molecule has 0 fully saturated rings. The summed E-state index contributed by atoms with van der Waals surface area (Å²) in [4.78, 5) is 51.9. The van der Waals surface area contributed by atoms with Crippen LogP contribution >= 0.6 is 34.5 Å². The number of carbonyl (C=O) groups is 3. The predicted octanol–water partition coefficient (Wildman–Crippen LogP) is 7.35. The zero-order chi connectivity index (χ0) is 36.9. The van der Waals surface area contributed by atoms with E-state index in [0.717, 1.165) is 32.7 Å². The summed E-state index contributed by atoms with van der Waals surface area (Å²) in [6.07, 6.45) is 3.26. The molecular formula is C37H25Cl2F3N6O3S. The molecule has 9 nitrogen and oxygen atoms in total. The number of nitrogens with one attached hydrogen (secondary N) is 1. The van der Waals surface area contributed by atoms with Gasteiger partial charge in [-0.3, -0.25) is 14.4 Å². The fraction of sp³-hybridized carbons (Fsp3) is 0.162. The third-order valence-corrected chi connectivity index (χ3v) is 10.5. The van der Waals surface area contributed by atoms with Crippen molar-refractivity contribution in [1.82, 2.24) is 24.5 Å². The fourth-order valence-corrected chi connectivity index (χ4v) is 7.45. The first-order valence-electron chi connectivity index (χ1n) is 15.8. The third-order valence-electron chi connectivity index (χ3n) is 8.78. The molecule has 3 heterocycles. The van der Waals surface area contributed by atoms with E-state index in [1.165, 1.54) is 41.6 Å². The molecule has 1 N–H and O–H groups in total. The van der Waals surface area contributed by atoms with Crippen molar-refractivity contribution in [1.29, 1.82) is 0 Å². The maximum atomic E-state index is 13.5. The minimum Gasteiger partial charge on any atom is -0.318 e. The smallest absolute Gasteiger partial charge is 0.318 e. The van der Waals surface area contributed by atoms with Gasteiger partial charge in [-0.1, -0.05) is 96.9 Å². The van der Waals surface area contributed by atoms with Crippen LogP contribution in [0.25, 0.3) is 45.7 Å². The van der Waals surface area contributed by atoms with E-state index in [9.17, 15) is 27.6 Å². The van der Waals surface area contributed by atoms with Crippen LogP contribution in [0.4, 0.5) is 18.3 Å². The highest BCUT2D eigenvalue weighted by atomic mass is 35.5. The van der Waals surface area contributed by atoms with Gasteiger partial charge < -0.3 is 9.88 Å². The number of hydrogen-bond donors (Lipinski definition) is 1. The average molecular weight is 762 g/mol. The monoisotopic (exact) mass is 760 g/mol. The summed E-state index contributed by atoms with van der Waals surface area (Å²) in [5.41, 5.74) is 4.55. The molecule has 262 valence electrons. The van der Waals surface area contributed by atoms with Crippen LogP contribution in [-0.4, -0.2) is 42.0 Å². The Hall–Kier alpha value is -5.24. The van der Waals surface area contributed by atoms with Gasteiger partial charge in [0.1, 0.15) is 29.0 Å². The number of ketones is 2. The standard InChI is InChI=1S/C20H16O2.C17H9Cl2F3N6OS/c1-11-9-17-13(12(2)20(11)22)7-8-15-14-5-3-4-6-16(14)19(21)10-18(15)17;18-9-2-1-8(3-10(9)19)13-14(17(20,21)22)30-16(27-13)26-12(29)5-28-7-25-15-11(28)4-23-6-24-15/h3-12H,1-2H3;1-4,6-7H,5H2,(H,26,27,29). The van der Waals surface area contributed by atoms with Crippen LogP contribution < -0.4 is 15.8 Å². The fourth-order valence-electron chi connectivity index (χ4n) is 6.28. The first-order valence-corrected chi connectivity index (χ1v) is 17.4. The Morgan fingerprint density at radius 3 is 2.48 bits per heavy atom. The molecule has 2 atom stereocenters. The van der Waals surface area contributed by atoms with Crippen LogP contribution in [0, 0.1) is 5.92 Å². The molecule has 6 aromatic rings. The van der Waals surface area contributed by atoms with Crippen LogP contribution in [0.1, 0.15) is 40.6 Å². The number of carbonyl (C=O) groups excluding carboxylic acids is 3. The summed E-state index contributed by atoms with van der Waals surface area (Å²) < 4.78 is 42.0. The second-order valence-corrected chi connectivity index (χ2v) is 14.0. The molecule has 3 aromatic carbocycles. The summed E-state index contributed by atoms with van der Waals surface area (Å²) in [5, 5.41) is 4.51. The van der Waals surface area contributed by atoms with E-state index in [2.05, 4.69) is 25.3 Å². The van der Waals surface area contributed by atoms with E-state index in [-0.39, 0.29) is 56.4 Å². The Kier molecular flexibility index (Phi) is 9.28. The summed E-state index contributed by atoms with van der Waals surface area (Å²) in [6, 6.07) is 15.8. The second kappa shape index (κ2) is 13.7. The first kappa shape index (κ1) is 35.2. The number of alkyl halides is 3. The van der Waals surface area contributed by atoms with E-state index in [4.69, 9.17) is 23.2 Å². The number of fused-ring (bicyclic) bond motifs is 6. The van der Waals surface area contributed by atoms with Gasteiger partial charge in [0.15, 0.2) is 16.6 Å². The highest BCUT2D eigenvalue weighted by Crippen LogP contribution is 2.43. The Labute approximate surface area is 307 Å². The van der Waals surface area contributed by atoms with Gasteiger partial charge >= 0.3 is 6.18 Å². The molecule has 2 aliphatic rings. The van der Waals surface area contributed by atoms with Crippen molar-refractivity contribution in [2.75, 3.05) is 5.32 Å². The van der Waals surface area contributed by atoms with E-state index in [1.807, 2.05) is 56.3 Å². The highest BCUT2D eigenvalue weighted by Gasteiger charge is 2.38. The van der Waals surface area contributed by atoms with Crippen molar-refractivity contribution in [3.05, 3.63) is 110 Å². The van der Waals surface area contributed by atoms with Crippen LogP contribution in [-0.2, 0) is 22.3 Å². The van der Waals surface area contributed by atoms with Gasteiger partial charge in [-0.25, -0.2) is 19.9 Å². The van der Waals surface area contributed by atoms with Crippen molar-refractivity contribution in [2.24, 2.45) is 5.92 Å². The molecule has 1 amide bonds. The number of thiazole rings is 1. The van der Waals surface area contributed by atoms with Crippen LogP contribution in [0.15, 0.2) is 73.4 Å². The molecule has 0 saturated heterocycles. The lowest BCUT2D eigenvalue weighted by Gasteiger charge is -2.23. The number of benzene rings is 3. The van der Waals surface area contributed by atoms with Crippen molar-refractivity contribution in [3.8, 4) is 22.4 Å². The Morgan fingerprint density at radius 2 is 1.73 bits per heavy atom. The predicted molar refractivity (Wildman–Crippen MR) is 193 cm³/mol. The maximum Gasteiger partial charge on any atom is 0.427 e. The van der Waals surface area contributed by atoms with E-state index >= 15 is 0 Å². The zero-order valence-electron chi connectivity index (χ0n) is 27.2. The summed E-state index contributed by atoms with van der Waals surface area (Å²) in [5.74, 6) is -0.506. The normalized spacial score (nSPS) is 16.1. The second-order valence-electron chi connectivity index (χ2n) is 12.1. The van der Waals surface area contributed by atoms with Gasteiger partial charge in [-0.15, -0.1) is 0 Å². The molecule has 2 unspecified atom stereocenters. The number of aromatic nitrogens is 5. The lowest BCUT2D eigenvalue weighted by atomic mass is 9.79. The van der Waals surface area contributed by atoms with Crippen molar-refractivity contribution < 1.29 is 27.6 Å². The molecular weight excluding hydrogens is 736 g/mol. The van der Waals surface area contributed by atoms with Crippen LogP contribution in [0.2, 0.25) is 10.0 Å². The van der Waals surface area contributed by atoms with Gasteiger partial charge in [0.05, 0.1) is 28.3 Å². The largest absolute Gasteiger partial charge is 0.427 e. The first-order chi connectivity index (χ1) is 24.8. The quantitative estimate of drug-likeness (QED) is 0.200. The Balaban J connectivity index is 0.000000169. The van der Waals surface area contributed by atoms with Crippen molar-refractivity contribution in [3.63, 3.8) is 0 Å². The van der Waals surface area contributed by atoms with Gasteiger partial charge in [0.2, 0.25) is 5.91 Å². The third kappa shape index (κ3) is 6.62. The summed E-state index contributed by atoms with van der Waals surface area (Å²) in [6.45, 7) is 3.68. The molecule has 0 radical (unpaired) electrons. The molecule has 8 rings (SSSR count). The topological polar surface area (TPSA) is 120 Å². The van der Waals surface area contributed by atoms with Crippen LogP contribution in [0.5, 0.6) is 0 Å². The lowest BCUT2D eigenvalue weighted by molar-refractivity contribution is -0.134. The number of hydrogen-bond acceptors (Lipinski definition) is 8. The van der Waals surface area contributed by atoms with Gasteiger partial charge in [-0.05, 0) is 45.3 Å². The molecule has 3 aromatic heterocycles. The minimum atomic E-state index is -4.67. The minimum absolute atomic E-state index is 0.0436. The number of nitrogens with zero attached hydrogens (tertiary/aromatic N) is 5. The number of halogens is 5. The van der Waals surface area contributed by atoms with E-state index in [0.29, 0.717) is 22.5 Å². The SMILES string of the molecule is CC1C=c2c(ccc3c2=CC(=O)c2ccccc2-3)C(C)C1=O.O=C(Cn1cnc2ncncc21)Nc1nc(-c2ccc(Cl)c(Cl)c2)c(C(F)(F)F)s1. The molecule has 2 aliphatic carbocycles. The van der Waals surface area contributed by atoms with Crippen molar-refractivity contribution >= 4 is 80.5 Å². The molecule has 15 heteroatoms. The molecule has 0 spiro atoms. The zero-order valence-corrected chi connectivity index (χ0v) is 29.5. The maximum absolute atomic E-state index is 13.5. The van der Waals surface area contributed by atoms with E-state index in [1.54, 1.807) is 6.08 Å². The average Bonchev–Trinajstić information content (AvgIpc) is 3.73. The van der Waals surface area contributed by atoms with E-state index < -0.39 is 17.0 Å².